The van der Waals surface area contributed by atoms with Crippen LogP contribution in [-0.4, -0.2) is 53.8 Å². The summed E-state index contributed by atoms with van der Waals surface area (Å²) in [6, 6.07) is 1.84. The van der Waals surface area contributed by atoms with Gasteiger partial charge in [0.2, 0.25) is 0 Å². The third-order valence-corrected chi connectivity index (χ3v) is 4.13. The average Bonchev–Trinajstić information content (AvgIpc) is 2.92. The molecule has 0 spiro atoms. The maximum absolute atomic E-state index is 10.6. The topological polar surface area (TPSA) is 101 Å². The van der Waals surface area contributed by atoms with Gasteiger partial charge in [-0.3, -0.25) is 0 Å². The Balaban J connectivity index is 2.08. The molecule has 0 radical (unpaired) electrons. The van der Waals surface area contributed by atoms with Gasteiger partial charge in [0.1, 0.15) is 29.8 Å². The van der Waals surface area contributed by atoms with Gasteiger partial charge in [-0.2, -0.15) is 0 Å². The van der Waals surface area contributed by atoms with Crippen LogP contribution in [-0.2, 0) is 4.74 Å². The van der Waals surface area contributed by atoms with Crippen LogP contribution in [0.4, 0.5) is 0 Å². The van der Waals surface area contributed by atoms with Crippen LogP contribution in [0, 0.1) is 6.92 Å². The lowest BCUT2D eigenvalue weighted by molar-refractivity contribution is -0.0985. The van der Waals surface area contributed by atoms with Crippen LogP contribution in [0.2, 0.25) is 0 Å². The molecule has 21 heavy (non-hydrogen) atoms. The molecule has 3 N–H and O–H groups in total. The average molecular weight is 293 g/mol. The molecule has 3 rings (SSSR count). The Morgan fingerprint density at radius 1 is 1.43 bits per heavy atom. The van der Waals surface area contributed by atoms with E-state index in [-0.39, 0.29) is 0 Å². The van der Waals surface area contributed by atoms with Crippen molar-refractivity contribution in [1.29, 1.82) is 0 Å². The standard InChI is InChI=1S/C14H19N3O4/c1-7-9-4-5-17(12(9)16-6-15-7)13-14(3,20)11(19)10(21-13)8(2)18/h4-6,8,10-11,13,18-20H,1-3H3/t8-,10-,11-,13-,14-/m1/s1. The first-order chi connectivity index (χ1) is 9.84. The fraction of sp³-hybridized carbons (Fsp3) is 0.571. The molecular formula is C14H19N3O4. The van der Waals surface area contributed by atoms with E-state index in [2.05, 4.69) is 9.97 Å². The van der Waals surface area contributed by atoms with E-state index in [0.717, 1.165) is 11.1 Å². The lowest BCUT2D eigenvalue weighted by Crippen LogP contribution is -2.45. The first-order valence-electron chi connectivity index (χ1n) is 6.86. The fourth-order valence-electron chi connectivity index (χ4n) is 2.85. The van der Waals surface area contributed by atoms with E-state index >= 15 is 0 Å². The smallest absolute Gasteiger partial charge is 0.167 e. The molecule has 2 aromatic heterocycles. The highest BCUT2D eigenvalue weighted by molar-refractivity contribution is 5.78. The van der Waals surface area contributed by atoms with Crippen LogP contribution in [0.1, 0.15) is 25.8 Å². The third-order valence-electron chi connectivity index (χ3n) is 4.13. The molecule has 0 amide bonds. The number of aliphatic hydroxyl groups is 3. The van der Waals surface area contributed by atoms with Crippen molar-refractivity contribution in [2.45, 2.75) is 50.9 Å². The highest BCUT2D eigenvalue weighted by Crippen LogP contribution is 2.40. The predicted molar refractivity (Wildman–Crippen MR) is 74.5 cm³/mol. The first-order valence-corrected chi connectivity index (χ1v) is 6.86. The van der Waals surface area contributed by atoms with Gasteiger partial charge in [0.25, 0.3) is 0 Å². The molecule has 1 fully saturated rings. The summed E-state index contributed by atoms with van der Waals surface area (Å²) >= 11 is 0. The zero-order valence-corrected chi connectivity index (χ0v) is 12.1. The zero-order valence-electron chi connectivity index (χ0n) is 12.1. The van der Waals surface area contributed by atoms with Crippen molar-refractivity contribution in [1.82, 2.24) is 14.5 Å². The second-order valence-electron chi connectivity index (χ2n) is 5.78. The number of hydrogen-bond acceptors (Lipinski definition) is 6. The molecule has 0 unspecified atom stereocenters. The van der Waals surface area contributed by atoms with Crippen LogP contribution in [0.3, 0.4) is 0 Å². The molecule has 7 nitrogen and oxygen atoms in total. The Kier molecular flexibility index (Phi) is 3.25. The molecular weight excluding hydrogens is 274 g/mol. The Morgan fingerprint density at radius 2 is 2.14 bits per heavy atom. The quantitative estimate of drug-likeness (QED) is 0.727. The monoisotopic (exact) mass is 293 g/mol. The van der Waals surface area contributed by atoms with Crippen molar-refractivity contribution in [2.75, 3.05) is 0 Å². The first kappa shape index (κ1) is 14.4. The summed E-state index contributed by atoms with van der Waals surface area (Å²) in [5, 5.41) is 31.3. The SMILES string of the molecule is Cc1ncnc2c1ccn2[C@@H]1O[C@H]([C@@H](C)O)[C@@H](O)[C@@]1(C)O. The Labute approximate surface area is 121 Å². The molecule has 7 heteroatoms. The molecule has 1 aliphatic rings. The van der Waals surface area contributed by atoms with Gasteiger partial charge in [-0.25, -0.2) is 9.97 Å². The number of rotatable bonds is 2. The van der Waals surface area contributed by atoms with Crippen molar-refractivity contribution in [2.24, 2.45) is 0 Å². The summed E-state index contributed by atoms with van der Waals surface area (Å²) < 4.78 is 7.36. The molecule has 0 bridgehead atoms. The number of aromatic nitrogens is 3. The number of fused-ring (bicyclic) bond motifs is 1. The van der Waals surface area contributed by atoms with Gasteiger partial charge in [0.05, 0.1) is 11.8 Å². The molecule has 0 aliphatic carbocycles. The number of nitrogens with zero attached hydrogens (tertiary/aromatic N) is 3. The molecule has 0 aromatic carbocycles. The van der Waals surface area contributed by atoms with Crippen LogP contribution in [0.15, 0.2) is 18.6 Å². The molecule has 3 heterocycles. The lowest BCUT2D eigenvalue weighted by Gasteiger charge is -2.27. The summed E-state index contributed by atoms with van der Waals surface area (Å²) in [5.74, 6) is 0. The molecule has 1 aliphatic heterocycles. The second kappa shape index (κ2) is 4.74. The molecule has 0 saturated carbocycles. The molecule has 2 aromatic rings. The highest BCUT2D eigenvalue weighted by atomic mass is 16.6. The van der Waals surface area contributed by atoms with Gasteiger partial charge in [-0.15, -0.1) is 0 Å². The minimum Gasteiger partial charge on any atom is -0.391 e. The number of hydrogen-bond donors (Lipinski definition) is 3. The Hall–Kier alpha value is -1.54. The Bertz CT molecular complexity index is 667. The summed E-state index contributed by atoms with van der Waals surface area (Å²) in [5.41, 5.74) is -0.0952. The maximum Gasteiger partial charge on any atom is 0.167 e. The van der Waals surface area contributed by atoms with E-state index in [1.54, 1.807) is 10.8 Å². The van der Waals surface area contributed by atoms with E-state index < -0.39 is 30.1 Å². The Morgan fingerprint density at radius 3 is 2.76 bits per heavy atom. The van der Waals surface area contributed by atoms with Gasteiger partial charge in [0.15, 0.2) is 6.23 Å². The number of aryl methyl sites for hydroxylation is 1. The van der Waals surface area contributed by atoms with Crippen LogP contribution in [0.5, 0.6) is 0 Å². The summed E-state index contributed by atoms with van der Waals surface area (Å²) in [4.78, 5) is 8.35. The fourth-order valence-corrected chi connectivity index (χ4v) is 2.85. The summed E-state index contributed by atoms with van der Waals surface area (Å²) in [7, 11) is 0. The van der Waals surface area contributed by atoms with Crippen molar-refractivity contribution in [3.8, 4) is 0 Å². The van der Waals surface area contributed by atoms with Gasteiger partial charge >= 0.3 is 0 Å². The van der Waals surface area contributed by atoms with Crippen molar-refractivity contribution >= 4 is 11.0 Å². The summed E-state index contributed by atoms with van der Waals surface area (Å²) in [6.45, 7) is 4.88. The normalized spacial score (nSPS) is 34.5. The van der Waals surface area contributed by atoms with Gasteiger partial charge in [-0.1, -0.05) is 0 Å². The van der Waals surface area contributed by atoms with E-state index in [9.17, 15) is 15.3 Å². The minimum atomic E-state index is -1.54. The van der Waals surface area contributed by atoms with E-state index in [1.807, 2.05) is 13.0 Å². The maximum atomic E-state index is 10.6. The van der Waals surface area contributed by atoms with E-state index in [1.165, 1.54) is 20.2 Å². The largest absolute Gasteiger partial charge is 0.391 e. The molecule has 1 saturated heterocycles. The number of ether oxygens (including phenoxy) is 1. The van der Waals surface area contributed by atoms with Crippen molar-refractivity contribution < 1.29 is 20.1 Å². The van der Waals surface area contributed by atoms with E-state index in [0.29, 0.717) is 5.65 Å². The predicted octanol–water partition coefficient (Wildman–Crippen LogP) is 0.130. The van der Waals surface area contributed by atoms with E-state index in [4.69, 9.17) is 4.74 Å². The number of aliphatic hydroxyl groups excluding tert-OH is 2. The third kappa shape index (κ3) is 2.04. The molecule has 5 atom stereocenters. The van der Waals surface area contributed by atoms with Gasteiger partial charge in [0, 0.05) is 11.6 Å². The minimum absolute atomic E-state index is 0.617. The van der Waals surface area contributed by atoms with Crippen molar-refractivity contribution in [3.63, 3.8) is 0 Å². The zero-order chi connectivity index (χ0) is 15.4. The van der Waals surface area contributed by atoms with Crippen LogP contribution < -0.4 is 0 Å². The van der Waals surface area contributed by atoms with Crippen LogP contribution >= 0.6 is 0 Å². The van der Waals surface area contributed by atoms with Crippen molar-refractivity contribution in [3.05, 3.63) is 24.3 Å². The molecule has 114 valence electrons. The summed E-state index contributed by atoms with van der Waals surface area (Å²) in [6.07, 6.45) is -0.593. The van der Waals surface area contributed by atoms with Crippen LogP contribution in [0.25, 0.3) is 11.0 Å². The lowest BCUT2D eigenvalue weighted by atomic mass is 9.94. The van der Waals surface area contributed by atoms with Gasteiger partial charge in [-0.05, 0) is 26.8 Å². The highest BCUT2D eigenvalue weighted by Gasteiger charge is 2.54. The second-order valence-corrected chi connectivity index (χ2v) is 5.78. The van der Waals surface area contributed by atoms with Gasteiger partial charge < -0.3 is 24.6 Å².